The van der Waals surface area contributed by atoms with Crippen molar-refractivity contribution in [1.82, 2.24) is 29.8 Å². The number of piperidine rings is 1. The van der Waals surface area contributed by atoms with Crippen molar-refractivity contribution in [2.75, 3.05) is 19.6 Å². The van der Waals surface area contributed by atoms with Gasteiger partial charge in [-0.2, -0.15) is 10.2 Å². The lowest BCUT2D eigenvalue weighted by atomic mass is 10.1. The maximum atomic E-state index is 4.49. The number of hydrogen-bond donors (Lipinski definition) is 1. The quantitative estimate of drug-likeness (QED) is 0.936. The predicted octanol–water partition coefficient (Wildman–Crippen LogP) is 1.87. The lowest BCUT2D eigenvalue weighted by Gasteiger charge is -2.35. The van der Waals surface area contributed by atoms with E-state index in [1.807, 2.05) is 18.6 Å². The molecule has 0 amide bonds. The first-order chi connectivity index (χ1) is 11.4. The van der Waals surface area contributed by atoms with E-state index in [1.54, 1.807) is 0 Å². The molecule has 2 aliphatic heterocycles. The summed E-state index contributed by atoms with van der Waals surface area (Å²) in [6.45, 7) is 6.68. The zero-order chi connectivity index (χ0) is 15.5. The highest BCUT2D eigenvalue weighted by Crippen LogP contribution is 2.21. The molecule has 23 heavy (non-hydrogen) atoms. The molecule has 2 aromatic rings. The van der Waals surface area contributed by atoms with Gasteiger partial charge in [0.1, 0.15) is 0 Å². The Morgan fingerprint density at radius 1 is 1.17 bits per heavy atom. The molecular weight excluding hydrogens is 288 g/mol. The van der Waals surface area contributed by atoms with E-state index >= 15 is 0 Å². The average Bonchev–Trinajstić information content (AvgIpc) is 3.21. The molecule has 0 radical (unpaired) electrons. The van der Waals surface area contributed by atoms with Crippen molar-refractivity contribution >= 4 is 0 Å². The number of aromatic nitrogens is 4. The van der Waals surface area contributed by atoms with Crippen LogP contribution in [0.5, 0.6) is 0 Å². The van der Waals surface area contributed by atoms with Crippen molar-refractivity contribution in [1.29, 1.82) is 0 Å². The van der Waals surface area contributed by atoms with Crippen LogP contribution in [-0.4, -0.2) is 55.5 Å². The molecule has 6 heteroatoms. The van der Waals surface area contributed by atoms with Gasteiger partial charge in [-0.1, -0.05) is 6.42 Å². The monoisotopic (exact) mass is 314 g/mol. The third kappa shape index (κ3) is 3.48. The second-order valence-electron chi connectivity index (χ2n) is 6.86. The maximum Gasteiger partial charge on any atom is 0.0532 e. The molecule has 0 spiro atoms. The SMILES string of the molecule is c1cc2n(n1)CCC(CN1CCCCC1)N(Cc1cn[nH]c1)C2. The molecule has 124 valence electrons. The number of hydrogen-bond acceptors (Lipinski definition) is 4. The van der Waals surface area contributed by atoms with E-state index in [2.05, 4.69) is 35.8 Å². The van der Waals surface area contributed by atoms with E-state index < -0.39 is 0 Å². The fourth-order valence-corrected chi connectivity index (χ4v) is 3.92. The first-order valence-electron chi connectivity index (χ1n) is 8.83. The Labute approximate surface area is 137 Å². The molecule has 1 unspecified atom stereocenters. The van der Waals surface area contributed by atoms with Crippen LogP contribution in [0.4, 0.5) is 0 Å². The molecule has 2 aliphatic rings. The number of rotatable bonds is 4. The molecular formula is C17H26N6. The number of nitrogens with zero attached hydrogens (tertiary/aromatic N) is 5. The molecule has 0 aromatic carbocycles. The topological polar surface area (TPSA) is 53.0 Å². The molecule has 1 N–H and O–H groups in total. The van der Waals surface area contributed by atoms with Gasteiger partial charge in [-0.25, -0.2) is 0 Å². The molecule has 0 aliphatic carbocycles. The Hall–Kier alpha value is -1.66. The zero-order valence-electron chi connectivity index (χ0n) is 13.7. The van der Waals surface area contributed by atoms with Crippen LogP contribution in [0.2, 0.25) is 0 Å². The summed E-state index contributed by atoms with van der Waals surface area (Å²) in [5, 5.41) is 11.5. The largest absolute Gasteiger partial charge is 0.302 e. The zero-order valence-corrected chi connectivity index (χ0v) is 13.7. The number of nitrogens with one attached hydrogen (secondary N) is 1. The van der Waals surface area contributed by atoms with E-state index in [9.17, 15) is 0 Å². The third-order valence-corrected chi connectivity index (χ3v) is 5.22. The average molecular weight is 314 g/mol. The van der Waals surface area contributed by atoms with E-state index in [-0.39, 0.29) is 0 Å². The van der Waals surface area contributed by atoms with E-state index in [0.717, 1.165) is 19.6 Å². The number of aryl methyl sites for hydroxylation is 1. The predicted molar refractivity (Wildman–Crippen MR) is 88.8 cm³/mol. The molecule has 0 saturated carbocycles. The molecule has 1 saturated heterocycles. The molecule has 6 nitrogen and oxygen atoms in total. The summed E-state index contributed by atoms with van der Waals surface area (Å²) in [7, 11) is 0. The fraction of sp³-hybridized carbons (Fsp3) is 0.647. The summed E-state index contributed by atoms with van der Waals surface area (Å²) in [5.74, 6) is 0. The Bertz CT molecular complexity index is 598. The first kappa shape index (κ1) is 14.9. The van der Waals surface area contributed by atoms with Crippen molar-refractivity contribution in [3.05, 3.63) is 35.9 Å². The summed E-state index contributed by atoms with van der Waals surface area (Å²) < 4.78 is 2.18. The minimum atomic E-state index is 0.588. The Morgan fingerprint density at radius 3 is 2.91 bits per heavy atom. The highest BCUT2D eigenvalue weighted by molar-refractivity contribution is 5.07. The van der Waals surface area contributed by atoms with Crippen LogP contribution in [0.15, 0.2) is 24.7 Å². The van der Waals surface area contributed by atoms with Crippen LogP contribution < -0.4 is 0 Å². The summed E-state index contributed by atoms with van der Waals surface area (Å²) in [4.78, 5) is 5.27. The van der Waals surface area contributed by atoms with Crippen LogP contribution in [0.25, 0.3) is 0 Å². The van der Waals surface area contributed by atoms with E-state index in [1.165, 1.54) is 56.6 Å². The normalized spacial score (nSPS) is 23.6. The van der Waals surface area contributed by atoms with Crippen LogP contribution >= 0.6 is 0 Å². The Kier molecular flexibility index (Phi) is 4.43. The number of fused-ring (bicyclic) bond motifs is 1. The molecule has 1 atom stereocenters. The highest BCUT2D eigenvalue weighted by Gasteiger charge is 2.26. The van der Waals surface area contributed by atoms with Gasteiger partial charge in [0.2, 0.25) is 0 Å². The van der Waals surface area contributed by atoms with E-state index in [0.29, 0.717) is 6.04 Å². The van der Waals surface area contributed by atoms with Crippen LogP contribution in [0, 0.1) is 0 Å². The lowest BCUT2D eigenvalue weighted by Crippen LogP contribution is -2.44. The fourth-order valence-electron chi connectivity index (χ4n) is 3.92. The van der Waals surface area contributed by atoms with Gasteiger partial charge < -0.3 is 4.90 Å². The summed E-state index contributed by atoms with van der Waals surface area (Å²) >= 11 is 0. The smallest absolute Gasteiger partial charge is 0.0532 e. The summed E-state index contributed by atoms with van der Waals surface area (Å²) in [6.07, 6.45) is 11.2. The van der Waals surface area contributed by atoms with Crippen molar-refractivity contribution in [2.45, 2.75) is 51.4 Å². The van der Waals surface area contributed by atoms with Crippen LogP contribution in [-0.2, 0) is 19.6 Å². The standard InChI is InChI=1S/C17H26N6/c1-2-7-21(8-3-1)13-16-5-9-23-17(4-6-20-23)14-22(16)12-15-10-18-19-11-15/h4,6,10-11,16H,1-3,5,7-9,12-14H2,(H,18,19). The second kappa shape index (κ2) is 6.84. The molecule has 4 rings (SSSR count). The number of aromatic amines is 1. The van der Waals surface area contributed by atoms with Gasteiger partial charge in [-0.05, 0) is 38.4 Å². The second-order valence-corrected chi connectivity index (χ2v) is 6.86. The van der Waals surface area contributed by atoms with Crippen molar-refractivity contribution in [3.63, 3.8) is 0 Å². The number of H-pyrrole nitrogens is 1. The van der Waals surface area contributed by atoms with E-state index in [4.69, 9.17) is 0 Å². The van der Waals surface area contributed by atoms with Crippen molar-refractivity contribution in [2.24, 2.45) is 0 Å². The maximum absolute atomic E-state index is 4.49. The van der Waals surface area contributed by atoms with Gasteiger partial charge in [0.15, 0.2) is 0 Å². The first-order valence-corrected chi connectivity index (χ1v) is 8.83. The molecule has 0 bridgehead atoms. The highest BCUT2D eigenvalue weighted by atomic mass is 15.3. The lowest BCUT2D eigenvalue weighted by molar-refractivity contribution is 0.111. The van der Waals surface area contributed by atoms with Gasteiger partial charge in [0, 0.05) is 50.2 Å². The van der Waals surface area contributed by atoms with Gasteiger partial charge in [0.25, 0.3) is 0 Å². The molecule has 4 heterocycles. The van der Waals surface area contributed by atoms with Gasteiger partial charge in [-0.3, -0.25) is 14.7 Å². The molecule has 2 aromatic heterocycles. The van der Waals surface area contributed by atoms with Gasteiger partial charge >= 0.3 is 0 Å². The van der Waals surface area contributed by atoms with Crippen LogP contribution in [0.3, 0.4) is 0 Å². The molecule has 1 fully saturated rings. The number of likely N-dealkylation sites (tertiary alicyclic amines) is 1. The third-order valence-electron chi connectivity index (χ3n) is 5.22. The van der Waals surface area contributed by atoms with Gasteiger partial charge in [-0.15, -0.1) is 0 Å². The van der Waals surface area contributed by atoms with Crippen molar-refractivity contribution in [3.8, 4) is 0 Å². The Balaban J connectivity index is 1.50. The summed E-state index contributed by atoms with van der Waals surface area (Å²) in [6, 6.07) is 2.75. The summed E-state index contributed by atoms with van der Waals surface area (Å²) in [5.41, 5.74) is 2.59. The van der Waals surface area contributed by atoms with Crippen LogP contribution in [0.1, 0.15) is 36.9 Å². The van der Waals surface area contributed by atoms with Crippen molar-refractivity contribution < 1.29 is 0 Å². The Morgan fingerprint density at radius 2 is 2.09 bits per heavy atom. The minimum Gasteiger partial charge on any atom is -0.302 e. The minimum absolute atomic E-state index is 0.588. The van der Waals surface area contributed by atoms with Gasteiger partial charge in [0.05, 0.1) is 11.9 Å².